The second-order valence-electron chi connectivity index (χ2n) is 5.92. The van der Waals surface area contributed by atoms with Crippen molar-refractivity contribution < 1.29 is 22.8 Å². The molecule has 0 saturated carbocycles. The van der Waals surface area contributed by atoms with Crippen molar-refractivity contribution in [3.63, 3.8) is 0 Å². The van der Waals surface area contributed by atoms with E-state index < -0.39 is 24.9 Å². The molecule has 0 radical (unpaired) electrons. The number of Topliss-reactive ketones (excluding diaryl/α,β-unsaturated/α-hetero) is 1. The first-order valence-electron chi connectivity index (χ1n) is 7.76. The van der Waals surface area contributed by atoms with Crippen LogP contribution in [0.3, 0.4) is 0 Å². The second kappa shape index (κ2) is 7.62. The third kappa shape index (κ3) is 5.69. The monoisotopic (exact) mass is 327 g/mol. The first-order valence-corrected chi connectivity index (χ1v) is 7.76. The summed E-state index contributed by atoms with van der Waals surface area (Å²) in [7, 11) is 0. The lowest BCUT2D eigenvalue weighted by atomic mass is 9.90. The van der Waals surface area contributed by atoms with Crippen molar-refractivity contribution in [2.45, 2.75) is 38.3 Å². The third-order valence-corrected chi connectivity index (χ3v) is 4.07. The van der Waals surface area contributed by atoms with Gasteiger partial charge >= 0.3 is 6.18 Å². The van der Waals surface area contributed by atoms with Crippen LogP contribution in [-0.2, 0) is 16.0 Å². The quantitative estimate of drug-likeness (QED) is 0.831. The molecule has 2 rings (SSSR count). The van der Waals surface area contributed by atoms with E-state index >= 15 is 0 Å². The number of ketones is 1. The summed E-state index contributed by atoms with van der Waals surface area (Å²) in [5, 5.41) is 0. The zero-order valence-electron chi connectivity index (χ0n) is 12.8. The molecule has 1 aromatic rings. The highest BCUT2D eigenvalue weighted by Crippen LogP contribution is 2.24. The summed E-state index contributed by atoms with van der Waals surface area (Å²) in [5.41, 5.74) is 0.915. The van der Waals surface area contributed by atoms with Crippen LogP contribution in [0.25, 0.3) is 0 Å². The number of nitrogens with zero attached hydrogens (tertiary/aromatic N) is 1. The number of piperidine rings is 1. The minimum atomic E-state index is -4.33. The Balaban J connectivity index is 1.87. The highest BCUT2D eigenvalue weighted by atomic mass is 19.4. The molecular weight excluding hydrogens is 307 g/mol. The zero-order chi connectivity index (χ0) is 16.9. The molecule has 0 spiro atoms. The van der Waals surface area contributed by atoms with Crippen LogP contribution in [-0.4, -0.2) is 35.9 Å². The first-order chi connectivity index (χ1) is 10.8. The predicted octanol–water partition coefficient (Wildman–Crippen LogP) is 3.38. The predicted molar refractivity (Wildman–Crippen MR) is 79.7 cm³/mol. The van der Waals surface area contributed by atoms with Crippen molar-refractivity contribution >= 4 is 11.7 Å². The van der Waals surface area contributed by atoms with Crippen molar-refractivity contribution in [1.29, 1.82) is 0 Å². The average Bonchev–Trinajstić information content (AvgIpc) is 2.53. The maximum absolute atomic E-state index is 12.3. The molecule has 3 nitrogen and oxygen atoms in total. The summed E-state index contributed by atoms with van der Waals surface area (Å²) in [6, 6.07) is 9.32. The van der Waals surface area contributed by atoms with Crippen LogP contribution < -0.4 is 0 Å². The fourth-order valence-corrected chi connectivity index (χ4v) is 2.81. The number of benzene rings is 1. The van der Waals surface area contributed by atoms with Crippen LogP contribution in [0, 0.1) is 5.92 Å². The first kappa shape index (κ1) is 17.5. The molecule has 1 atom stereocenters. The Kier molecular flexibility index (Phi) is 5.80. The van der Waals surface area contributed by atoms with E-state index in [1.807, 2.05) is 30.3 Å². The molecule has 6 heteroatoms. The lowest BCUT2D eigenvalue weighted by Gasteiger charge is -2.32. The topological polar surface area (TPSA) is 37.4 Å². The minimum Gasteiger partial charge on any atom is -0.342 e. The lowest BCUT2D eigenvalue weighted by Crippen LogP contribution is -2.42. The molecule has 1 aromatic carbocycles. The van der Waals surface area contributed by atoms with E-state index in [-0.39, 0.29) is 18.2 Å². The molecule has 1 amide bonds. The number of amides is 1. The third-order valence-electron chi connectivity index (χ3n) is 4.07. The Bertz CT molecular complexity index is 543. The lowest BCUT2D eigenvalue weighted by molar-refractivity contribution is -0.150. The summed E-state index contributed by atoms with van der Waals surface area (Å²) in [6.07, 6.45) is -4.32. The Labute approximate surface area is 133 Å². The highest BCUT2D eigenvalue weighted by Gasteiger charge is 2.32. The highest BCUT2D eigenvalue weighted by molar-refractivity contribution is 5.84. The number of alkyl halides is 3. The molecule has 1 saturated heterocycles. The van der Waals surface area contributed by atoms with Gasteiger partial charge in [-0.3, -0.25) is 9.59 Å². The van der Waals surface area contributed by atoms with Crippen LogP contribution in [0.4, 0.5) is 13.2 Å². The van der Waals surface area contributed by atoms with E-state index in [0.29, 0.717) is 25.8 Å². The molecule has 0 bridgehead atoms. The molecular formula is C17H20F3NO2. The Morgan fingerprint density at radius 3 is 2.52 bits per heavy atom. The van der Waals surface area contributed by atoms with E-state index in [1.54, 1.807) is 0 Å². The van der Waals surface area contributed by atoms with E-state index in [2.05, 4.69) is 0 Å². The van der Waals surface area contributed by atoms with Gasteiger partial charge in [-0.05, 0) is 18.4 Å². The summed E-state index contributed by atoms with van der Waals surface area (Å²) < 4.78 is 36.6. The Morgan fingerprint density at radius 1 is 1.17 bits per heavy atom. The maximum atomic E-state index is 12.3. The van der Waals surface area contributed by atoms with Gasteiger partial charge in [-0.2, -0.15) is 13.2 Å². The van der Waals surface area contributed by atoms with E-state index in [0.717, 1.165) is 5.56 Å². The molecule has 0 N–H and O–H groups in total. The molecule has 126 valence electrons. The summed E-state index contributed by atoms with van der Waals surface area (Å²) in [6.45, 7) is 0.675. The van der Waals surface area contributed by atoms with Gasteiger partial charge in [0.05, 0.1) is 6.42 Å². The van der Waals surface area contributed by atoms with E-state index in [1.165, 1.54) is 4.90 Å². The fraction of sp³-hybridized carbons (Fsp3) is 0.529. The number of carbonyl (C=O) groups excluding carboxylic acids is 2. The van der Waals surface area contributed by atoms with Gasteiger partial charge in [-0.1, -0.05) is 30.3 Å². The second-order valence-corrected chi connectivity index (χ2v) is 5.92. The van der Waals surface area contributed by atoms with Gasteiger partial charge in [0, 0.05) is 31.8 Å². The van der Waals surface area contributed by atoms with Gasteiger partial charge in [-0.25, -0.2) is 0 Å². The number of likely N-dealkylation sites (tertiary alicyclic amines) is 1. The van der Waals surface area contributed by atoms with Crippen LogP contribution in [0.5, 0.6) is 0 Å². The number of hydrogen-bond acceptors (Lipinski definition) is 2. The number of hydrogen-bond donors (Lipinski definition) is 0. The average molecular weight is 327 g/mol. The molecule has 0 aliphatic carbocycles. The van der Waals surface area contributed by atoms with Crippen LogP contribution in [0.15, 0.2) is 30.3 Å². The van der Waals surface area contributed by atoms with Crippen molar-refractivity contribution in [1.82, 2.24) is 4.90 Å². The van der Waals surface area contributed by atoms with Crippen LogP contribution in [0.2, 0.25) is 0 Å². The summed E-state index contributed by atoms with van der Waals surface area (Å²) >= 11 is 0. The van der Waals surface area contributed by atoms with Crippen molar-refractivity contribution in [2.75, 3.05) is 13.1 Å². The van der Waals surface area contributed by atoms with Gasteiger partial charge in [0.25, 0.3) is 0 Å². The largest absolute Gasteiger partial charge is 0.389 e. The molecule has 1 aliphatic rings. The fourth-order valence-electron chi connectivity index (χ4n) is 2.81. The van der Waals surface area contributed by atoms with Crippen LogP contribution >= 0.6 is 0 Å². The van der Waals surface area contributed by atoms with Gasteiger partial charge in [0.1, 0.15) is 5.78 Å². The SMILES string of the molecule is O=C(Cc1ccccc1)C1CCCN(C(=O)CCC(F)(F)F)C1. The molecule has 1 aliphatic heterocycles. The Morgan fingerprint density at radius 2 is 1.87 bits per heavy atom. The molecule has 1 fully saturated rings. The van der Waals surface area contributed by atoms with Gasteiger partial charge in [0.15, 0.2) is 0 Å². The molecule has 23 heavy (non-hydrogen) atoms. The molecule has 1 unspecified atom stereocenters. The zero-order valence-corrected chi connectivity index (χ0v) is 12.8. The van der Waals surface area contributed by atoms with Gasteiger partial charge in [-0.15, -0.1) is 0 Å². The van der Waals surface area contributed by atoms with Gasteiger partial charge < -0.3 is 4.90 Å². The van der Waals surface area contributed by atoms with Gasteiger partial charge in [0.2, 0.25) is 5.91 Å². The van der Waals surface area contributed by atoms with Crippen molar-refractivity contribution in [3.05, 3.63) is 35.9 Å². The van der Waals surface area contributed by atoms with Crippen LogP contribution in [0.1, 0.15) is 31.2 Å². The summed E-state index contributed by atoms with van der Waals surface area (Å²) in [4.78, 5) is 25.6. The number of halogens is 3. The minimum absolute atomic E-state index is 0.0459. The molecule has 0 aromatic heterocycles. The van der Waals surface area contributed by atoms with Crippen molar-refractivity contribution in [3.8, 4) is 0 Å². The Hall–Kier alpha value is -1.85. The van der Waals surface area contributed by atoms with E-state index in [9.17, 15) is 22.8 Å². The smallest absolute Gasteiger partial charge is 0.342 e. The molecule has 1 heterocycles. The number of rotatable bonds is 5. The standard InChI is InChI=1S/C17H20F3NO2/c18-17(19,20)9-8-16(23)21-10-4-7-14(12-21)15(22)11-13-5-2-1-3-6-13/h1-3,5-6,14H,4,7-12H2. The summed E-state index contributed by atoms with van der Waals surface area (Å²) in [5.74, 6) is -0.747. The van der Waals surface area contributed by atoms with E-state index in [4.69, 9.17) is 0 Å². The normalized spacial score (nSPS) is 18.7. The van der Waals surface area contributed by atoms with Crippen molar-refractivity contribution in [2.24, 2.45) is 5.92 Å². The maximum Gasteiger partial charge on any atom is 0.389 e. The number of carbonyl (C=O) groups is 2.